The van der Waals surface area contributed by atoms with Crippen molar-refractivity contribution in [2.75, 3.05) is 6.54 Å². The molecule has 0 bridgehead atoms. The first kappa shape index (κ1) is 35.8. The molecule has 2 saturated carbocycles. The topological polar surface area (TPSA) is 210 Å². The van der Waals surface area contributed by atoms with Crippen LogP contribution in [-0.2, 0) is 24.4 Å². The van der Waals surface area contributed by atoms with Crippen molar-refractivity contribution in [3.8, 4) is 16.6 Å². The van der Waals surface area contributed by atoms with E-state index in [4.69, 9.17) is 19.7 Å². The second-order valence-corrected chi connectivity index (χ2v) is 17.3. The lowest BCUT2D eigenvalue weighted by Gasteiger charge is -2.29. The van der Waals surface area contributed by atoms with E-state index >= 15 is 0 Å². The van der Waals surface area contributed by atoms with Crippen LogP contribution in [0.2, 0.25) is 0 Å². The number of carbonyl (C=O) groups is 4. The Morgan fingerprint density at radius 2 is 1.70 bits per heavy atom. The molecule has 3 fully saturated rings. The number of sulfonamides is 1. The molecule has 15 nitrogen and oxygen atoms in total. The highest BCUT2D eigenvalue weighted by atomic mass is 32.2. The SMILES string of the molecule is O=C(O)N[C@H]1CCCCC/C=C\C2CC2(C(=O)NS(=O)(=O)C2CC2)NC(=O)[C@@H]2C[C@@H](Oc3nc4ccccc4nc3-c3nc4ccccc4s3)CN2C1=O. The summed E-state index contributed by atoms with van der Waals surface area (Å²) in [6, 6.07) is 12.6. The summed E-state index contributed by atoms with van der Waals surface area (Å²) in [5.74, 6) is -2.40. The van der Waals surface area contributed by atoms with Gasteiger partial charge in [-0.25, -0.2) is 28.2 Å². The molecule has 0 spiro atoms. The van der Waals surface area contributed by atoms with Crippen LogP contribution in [0, 0.1) is 5.92 Å². The summed E-state index contributed by atoms with van der Waals surface area (Å²) >= 11 is 1.42. The van der Waals surface area contributed by atoms with Crippen LogP contribution in [0.5, 0.6) is 5.88 Å². The van der Waals surface area contributed by atoms with E-state index in [9.17, 15) is 32.7 Å². The Kier molecular flexibility index (Phi) is 9.46. The maximum Gasteiger partial charge on any atom is 0.405 e. The van der Waals surface area contributed by atoms with Gasteiger partial charge < -0.3 is 25.4 Å². The second kappa shape index (κ2) is 14.2. The van der Waals surface area contributed by atoms with Crippen molar-refractivity contribution in [1.29, 1.82) is 0 Å². The van der Waals surface area contributed by atoms with E-state index in [1.165, 1.54) is 16.2 Å². The molecule has 2 unspecified atom stereocenters. The number of allylic oxidation sites excluding steroid dienone is 1. The zero-order valence-corrected chi connectivity index (χ0v) is 30.8. The molecule has 2 aliphatic heterocycles. The molecule has 0 radical (unpaired) electrons. The normalized spacial score (nSPS) is 26.9. The van der Waals surface area contributed by atoms with Gasteiger partial charge in [-0.05, 0) is 62.8 Å². The first-order chi connectivity index (χ1) is 26.0. The Labute approximate surface area is 314 Å². The lowest BCUT2D eigenvalue weighted by atomic mass is 10.1. The lowest BCUT2D eigenvalue weighted by molar-refractivity contribution is -0.141. The van der Waals surface area contributed by atoms with E-state index in [-0.39, 0.29) is 31.7 Å². The van der Waals surface area contributed by atoms with Gasteiger partial charge in [-0.15, -0.1) is 11.3 Å². The van der Waals surface area contributed by atoms with Crippen molar-refractivity contribution in [3.05, 3.63) is 60.7 Å². The molecule has 2 aromatic heterocycles. The van der Waals surface area contributed by atoms with Crippen molar-refractivity contribution >= 4 is 66.4 Å². The maximum absolute atomic E-state index is 14.3. The summed E-state index contributed by atoms with van der Waals surface area (Å²) in [5.41, 5.74) is 0.815. The van der Waals surface area contributed by atoms with Gasteiger partial charge in [-0.3, -0.25) is 19.1 Å². The quantitative estimate of drug-likeness (QED) is 0.198. The summed E-state index contributed by atoms with van der Waals surface area (Å²) in [4.78, 5) is 69.9. The van der Waals surface area contributed by atoms with Crippen molar-refractivity contribution in [2.24, 2.45) is 5.92 Å². The van der Waals surface area contributed by atoms with E-state index < -0.39 is 68.7 Å². The number of para-hydroxylation sites is 3. The Hall–Kier alpha value is -5.16. The Morgan fingerprint density at radius 1 is 0.963 bits per heavy atom. The molecule has 282 valence electrons. The van der Waals surface area contributed by atoms with Gasteiger partial charge in [-0.2, -0.15) is 0 Å². The molecular formula is C37H39N7O8S2. The van der Waals surface area contributed by atoms with Crippen molar-refractivity contribution in [3.63, 3.8) is 0 Å². The Balaban J connectivity index is 1.13. The predicted octanol–water partition coefficient (Wildman–Crippen LogP) is 3.89. The van der Waals surface area contributed by atoms with E-state index in [1.807, 2.05) is 54.6 Å². The van der Waals surface area contributed by atoms with E-state index in [0.29, 0.717) is 53.8 Å². The van der Waals surface area contributed by atoms with Crippen LogP contribution in [-0.4, -0.2) is 92.7 Å². The third kappa shape index (κ3) is 7.21. The van der Waals surface area contributed by atoms with Gasteiger partial charge in [0, 0.05) is 12.3 Å². The van der Waals surface area contributed by atoms with Crippen LogP contribution in [0.1, 0.15) is 57.8 Å². The number of aromatic nitrogens is 3. The van der Waals surface area contributed by atoms with Gasteiger partial charge in [0.2, 0.25) is 27.7 Å². The first-order valence-electron chi connectivity index (χ1n) is 18.1. The minimum atomic E-state index is -3.91. The van der Waals surface area contributed by atoms with Crippen LogP contribution in [0.4, 0.5) is 4.79 Å². The minimum absolute atomic E-state index is 0.0241. The molecule has 2 aliphatic carbocycles. The lowest BCUT2D eigenvalue weighted by Crippen LogP contribution is -2.58. The molecule has 4 N–H and O–H groups in total. The summed E-state index contributed by atoms with van der Waals surface area (Å²) in [6.45, 7) is -0.0961. The summed E-state index contributed by atoms with van der Waals surface area (Å²) in [7, 11) is -3.91. The number of rotatable bonds is 7. The maximum atomic E-state index is 14.3. The highest BCUT2D eigenvalue weighted by Crippen LogP contribution is 2.46. The molecule has 4 aromatic rings. The van der Waals surface area contributed by atoms with Crippen LogP contribution in [0.25, 0.3) is 32.0 Å². The third-order valence-corrected chi connectivity index (χ3v) is 13.3. The molecule has 2 aromatic carbocycles. The number of nitrogens with one attached hydrogen (secondary N) is 3. The summed E-state index contributed by atoms with van der Waals surface area (Å²) in [6.07, 6.45) is 5.57. The third-order valence-electron chi connectivity index (χ3n) is 10.5. The fourth-order valence-corrected chi connectivity index (χ4v) is 9.64. The van der Waals surface area contributed by atoms with Gasteiger partial charge in [0.25, 0.3) is 5.91 Å². The number of amides is 4. The molecule has 4 aliphatic rings. The Bertz CT molecular complexity index is 2260. The molecular weight excluding hydrogens is 735 g/mol. The highest BCUT2D eigenvalue weighted by molar-refractivity contribution is 7.91. The zero-order chi connectivity index (χ0) is 37.6. The zero-order valence-electron chi connectivity index (χ0n) is 29.1. The van der Waals surface area contributed by atoms with Crippen molar-refractivity contribution in [2.45, 2.75) is 86.8 Å². The number of carbonyl (C=O) groups excluding carboxylic acids is 3. The van der Waals surface area contributed by atoms with Crippen molar-refractivity contribution < 1.29 is 37.4 Å². The van der Waals surface area contributed by atoms with Crippen molar-refractivity contribution in [1.82, 2.24) is 35.2 Å². The van der Waals surface area contributed by atoms with E-state index in [2.05, 4.69) is 15.4 Å². The number of thiazole rings is 1. The fourth-order valence-electron chi connectivity index (χ4n) is 7.33. The monoisotopic (exact) mass is 773 g/mol. The summed E-state index contributed by atoms with van der Waals surface area (Å²) < 4.78 is 35.3. The summed E-state index contributed by atoms with van der Waals surface area (Å²) in [5, 5.41) is 14.8. The average Bonchev–Trinajstić information content (AvgIpc) is 4.03. The number of hydrogen-bond acceptors (Lipinski definition) is 11. The number of carboxylic acid groups (broad SMARTS) is 1. The van der Waals surface area contributed by atoms with E-state index in [0.717, 1.165) is 16.6 Å². The van der Waals surface area contributed by atoms with Gasteiger partial charge in [0.15, 0.2) is 5.69 Å². The Morgan fingerprint density at radius 3 is 2.44 bits per heavy atom. The minimum Gasteiger partial charge on any atom is -0.471 e. The number of ether oxygens (including phenoxy) is 1. The molecule has 4 heterocycles. The number of benzene rings is 2. The van der Waals surface area contributed by atoms with Gasteiger partial charge in [0.05, 0.1) is 33.0 Å². The number of nitrogens with zero attached hydrogens (tertiary/aromatic N) is 4. The fraction of sp³-hybridized carbons (Fsp3) is 0.432. The molecule has 5 atom stereocenters. The van der Waals surface area contributed by atoms with E-state index in [1.54, 1.807) is 6.07 Å². The van der Waals surface area contributed by atoms with Gasteiger partial charge in [0.1, 0.15) is 28.7 Å². The molecule has 4 amide bonds. The largest absolute Gasteiger partial charge is 0.471 e. The number of fused-ring (bicyclic) bond motifs is 4. The van der Waals surface area contributed by atoms with Crippen LogP contribution >= 0.6 is 11.3 Å². The first-order valence-corrected chi connectivity index (χ1v) is 20.5. The standard InChI is InChI=1S/C37H39N7O8S2/c45-31-28-18-22(52-32-30(38-24-11-6-7-12-25(24)39-32)33-40-26-13-8-9-15-29(26)53-33)20-44(28)34(46)27(41-36(48)49)14-5-3-1-2-4-10-21-19-37(21,42-31)35(47)43-54(50,51)23-16-17-23/h4,6-13,15,21-23,27-28,41H,1-3,5,14,16-20H2,(H,42,45)(H,43,47)(H,48,49)/b10-4-/t21?,22-,27+,28+,37?/m1/s1. The predicted molar refractivity (Wildman–Crippen MR) is 199 cm³/mol. The average molecular weight is 774 g/mol. The van der Waals surface area contributed by atoms with Crippen LogP contribution < -0.4 is 20.1 Å². The number of hydrogen-bond donors (Lipinski definition) is 4. The molecule has 8 rings (SSSR count). The van der Waals surface area contributed by atoms with Crippen LogP contribution in [0.3, 0.4) is 0 Å². The molecule has 17 heteroatoms. The second-order valence-electron chi connectivity index (χ2n) is 14.3. The molecule has 1 saturated heterocycles. The smallest absolute Gasteiger partial charge is 0.405 e. The van der Waals surface area contributed by atoms with Gasteiger partial charge in [-0.1, -0.05) is 49.3 Å². The van der Waals surface area contributed by atoms with Gasteiger partial charge >= 0.3 is 6.09 Å². The molecule has 54 heavy (non-hydrogen) atoms. The van der Waals surface area contributed by atoms with Crippen LogP contribution in [0.15, 0.2) is 60.7 Å². The highest BCUT2D eigenvalue weighted by Gasteiger charge is 2.62.